The molecule has 1 aliphatic heterocycles. The van der Waals surface area contributed by atoms with Gasteiger partial charge in [-0.25, -0.2) is 18.9 Å². The molecule has 2 aromatic heterocycles. The van der Waals surface area contributed by atoms with E-state index in [0.29, 0.717) is 30.3 Å². The van der Waals surface area contributed by atoms with Gasteiger partial charge in [0, 0.05) is 48.9 Å². The highest BCUT2D eigenvalue weighted by molar-refractivity contribution is 6.39. The van der Waals surface area contributed by atoms with Gasteiger partial charge >= 0.3 is 11.7 Å². The lowest BCUT2D eigenvalue weighted by Crippen LogP contribution is -2.43. The number of hydrogen-bond acceptors (Lipinski definition) is 9. The van der Waals surface area contributed by atoms with Crippen LogP contribution in [0.25, 0.3) is 22.4 Å². The minimum absolute atomic E-state index is 0.00211. The van der Waals surface area contributed by atoms with Crippen molar-refractivity contribution < 1.29 is 23.5 Å². The smallest absolute Gasteiger partial charge is 0.346 e. The van der Waals surface area contributed by atoms with Gasteiger partial charge in [0.05, 0.1) is 41.1 Å². The molecule has 1 N–H and O–H groups in total. The molecule has 2 aromatic carbocycles. The molecule has 2 aliphatic rings. The van der Waals surface area contributed by atoms with Crippen LogP contribution in [0, 0.1) is 11.7 Å². The molecule has 0 saturated carbocycles. The van der Waals surface area contributed by atoms with Crippen LogP contribution in [0.15, 0.2) is 46.0 Å². The number of pyridine rings is 1. The zero-order chi connectivity index (χ0) is 35.1. The Hall–Kier alpha value is -4.59. The maximum Gasteiger partial charge on any atom is 0.346 e. The van der Waals surface area contributed by atoms with Crippen molar-refractivity contribution in [3.05, 3.63) is 89.9 Å². The summed E-state index contributed by atoms with van der Waals surface area (Å²) in [5.74, 6) is -1.53. The Morgan fingerprint density at radius 2 is 1.84 bits per heavy atom. The largest absolute Gasteiger partial charge is 0.481 e. The molecule has 256 valence electrons. The minimum Gasteiger partial charge on any atom is -0.481 e. The van der Waals surface area contributed by atoms with Crippen molar-refractivity contribution in [3.8, 4) is 28.3 Å². The normalized spacial score (nSPS) is 17.2. The molecule has 15 heteroatoms. The number of amides is 1. The summed E-state index contributed by atoms with van der Waals surface area (Å²) in [4.78, 5) is 57.1. The van der Waals surface area contributed by atoms with E-state index in [1.807, 2.05) is 6.07 Å². The molecule has 0 spiro atoms. The highest BCUT2D eigenvalue weighted by Crippen LogP contribution is 2.46. The van der Waals surface area contributed by atoms with E-state index < -0.39 is 28.7 Å². The number of carbonyl (C=O) groups is 2. The number of halogens is 3. The van der Waals surface area contributed by atoms with Crippen LogP contribution in [0.2, 0.25) is 10.0 Å². The van der Waals surface area contributed by atoms with E-state index in [9.17, 15) is 19.2 Å². The summed E-state index contributed by atoms with van der Waals surface area (Å²) in [5.41, 5.74) is 1.06. The van der Waals surface area contributed by atoms with Crippen molar-refractivity contribution in [1.29, 1.82) is 0 Å². The Bertz CT molecular complexity index is 2120. The first kappa shape index (κ1) is 34.3. The third-order valence-electron chi connectivity index (χ3n) is 9.02. The lowest BCUT2D eigenvalue weighted by atomic mass is 9.98. The third-order valence-corrected chi connectivity index (χ3v) is 9.82. The Balaban J connectivity index is 1.33. The van der Waals surface area contributed by atoms with Crippen LogP contribution in [0.1, 0.15) is 47.4 Å². The van der Waals surface area contributed by atoms with Gasteiger partial charge in [-0.1, -0.05) is 41.4 Å². The number of hydrogen-bond donors (Lipinski definition) is 1. The number of methoxy groups -OCH3 is 1. The number of anilines is 1. The van der Waals surface area contributed by atoms with Crippen molar-refractivity contribution in [2.75, 3.05) is 32.1 Å². The second-order valence-corrected chi connectivity index (χ2v) is 12.7. The van der Waals surface area contributed by atoms with Crippen LogP contribution in [0.4, 0.5) is 10.1 Å². The molecule has 0 radical (unpaired) electrons. The molecule has 4 aromatic rings. The van der Waals surface area contributed by atoms with Crippen molar-refractivity contribution in [3.63, 3.8) is 0 Å². The number of ether oxygens (including phenoxy) is 2. The maximum absolute atomic E-state index is 15.5. The summed E-state index contributed by atoms with van der Waals surface area (Å²) < 4.78 is 28.1. The Kier molecular flexibility index (Phi) is 9.61. The Morgan fingerprint density at radius 1 is 1.08 bits per heavy atom. The molecule has 6 rings (SSSR count). The molecule has 1 aliphatic carbocycles. The first-order valence-electron chi connectivity index (χ1n) is 15.7. The van der Waals surface area contributed by atoms with Gasteiger partial charge in [0.25, 0.3) is 11.5 Å². The lowest BCUT2D eigenvalue weighted by molar-refractivity contribution is -0.147. The van der Waals surface area contributed by atoms with Crippen LogP contribution in [-0.4, -0.2) is 62.9 Å². The number of benzene rings is 2. The number of fused-ring (bicyclic) bond motifs is 1. The van der Waals surface area contributed by atoms with Crippen LogP contribution in [-0.2, 0) is 30.0 Å². The van der Waals surface area contributed by atoms with E-state index >= 15 is 4.39 Å². The fourth-order valence-electron chi connectivity index (χ4n) is 6.60. The zero-order valence-corrected chi connectivity index (χ0v) is 28.7. The fourth-order valence-corrected chi connectivity index (χ4v) is 7.22. The van der Waals surface area contributed by atoms with Crippen LogP contribution < -0.4 is 21.3 Å². The van der Waals surface area contributed by atoms with Gasteiger partial charge in [-0.05, 0) is 56.5 Å². The monoisotopic (exact) mass is 710 g/mol. The SMILES string of the molecule is CCOC(=O)C1CCN(C2CCc3cc(-c4cccc(-c5c(F)ccc(NC(=O)c6nn(C)c(=O)n(C)c6=O)c5Cl)c4Cl)nc(OC)c32)C1. The number of nitrogens with zero attached hydrogens (tertiary/aromatic N) is 5. The summed E-state index contributed by atoms with van der Waals surface area (Å²) >= 11 is 13.7. The van der Waals surface area contributed by atoms with E-state index in [1.54, 1.807) is 32.2 Å². The molecule has 1 amide bonds. The van der Waals surface area contributed by atoms with Crippen molar-refractivity contribution >= 4 is 40.8 Å². The van der Waals surface area contributed by atoms with E-state index in [1.165, 1.54) is 20.2 Å². The van der Waals surface area contributed by atoms with Crippen molar-refractivity contribution in [2.45, 2.75) is 32.2 Å². The molecule has 0 bridgehead atoms. The standard InChI is InChI=1S/C34H33Cl2FN6O6/c1-5-49-33(46)18-13-14-43(16-18)24-12-9-17-15-23(39-31(48-4)25(17)24)19-7-6-8-20(27(19)35)26-21(37)10-11-22(28(26)36)38-30(44)29-32(45)41(2)34(47)42(3)40-29/h6-8,10-11,15,18,24H,5,9,12-14,16H2,1-4H3,(H,38,44). The first-order chi connectivity index (χ1) is 23.4. The van der Waals surface area contributed by atoms with Gasteiger partial charge in [0.1, 0.15) is 5.82 Å². The van der Waals surface area contributed by atoms with Gasteiger partial charge in [0.2, 0.25) is 11.6 Å². The van der Waals surface area contributed by atoms with E-state index in [0.717, 1.165) is 52.2 Å². The minimum atomic E-state index is -0.936. The number of rotatable bonds is 8. The summed E-state index contributed by atoms with van der Waals surface area (Å²) in [6, 6.07) is 9.41. The van der Waals surface area contributed by atoms with Gasteiger partial charge in [-0.15, -0.1) is 0 Å². The van der Waals surface area contributed by atoms with Gasteiger partial charge < -0.3 is 14.8 Å². The average molecular weight is 712 g/mol. The Morgan fingerprint density at radius 3 is 2.57 bits per heavy atom. The lowest BCUT2D eigenvalue weighted by Gasteiger charge is -2.25. The van der Waals surface area contributed by atoms with Crippen LogP contribution in [0.5, 0.6) is 5.88 Å². The van der Waals surface area contributed by atoms with Gasteiger partial charge in [-0.2, -0.15) is 5.10 Å². The summed E-state index contributed by atoms with van der Waals surface area (Å²) in [7, 11) is 4.08. The molecule has 2 atom stereocenters. The quantitative estimate of drug-likeness (QED) is 0.256. The Labute approximate surface area is 290 Å². The molecule has 1 fully saturated rings. The summed E-state index contributed by atoms with van der Waals surface area (Å²) in [6.45, 7) is 3.52. The molecule has 1 saturated heterocycles. The number of esters is 1. The third kappa shape index (κ3) is 6.22. The van der Waals surface area contributed by atoms with Crippen LogP contribution in [0.3, 0.4) is 0 Å². The van der Waals surface area contributed by atoms with Crippen molar-refractivity contribution in [1.82, 2.24) is 24.2 Å². The van der Waals surface area contributed by atoms with Crippen LogP contribution >= 0.6 is 23.2 Å². The topological polar surface area (TPSA) is 138 Å². The van der Waals surface area contributed by atoms with Gasteiger partial charge in [0.15, 0.2) is 0 Å². The first-order valence-corrected chi connectivity index (χ1v) is 16.4. The molecular formula is C34H33Cl2FN6O6. The summed E-state index contributed by atoms with van der Waals surface area (Å²) in [6.07, 6.45) is 2.33. The molecule has 12 nitrogen and oxygen atoms in total. The van der Waals surface area contributed by atoms with Gasteiger partial charge in [-0.3, -0.25) is 23.9 Å². The predicted molar refractivity (Wildman–Crippen MR) is 182 cm³/mol. The van der Waals surface area contributed by atoms with E-state index in [2.05, 4.69) is 15.3 Å². The average Bonchev–Trinajstić information content (AvgIpc) is 3.75. The highest BCUT2D eigenvalue weighted by Gasteiger charge is 2.38. The number of aryl methyl sites for hydroxylation is 2. The number of carbonyl (C=O) groups excluding carboxylic acids is 2. The number of aromatic nitrogens is 4. The van der Waals surface area contributed by atoms with Crippen molar-refractivity contribution in [2.24, 2.45) is 20.0 Å². The molecule has 3 heterocycles. The van der Waals surface area contributed by atoms with E-state index in [4.69, 9.17) is 37.7 Å². The van der Waals surface area contributed by atoms with E-state index in [-0.39, 0.29) is 44.8 Å². The number of nitrogens with one attached hydrogen (secondary N) is 1. The molecule has 49 heavy (non-hydrogen) atoms. The number of likely N-dealkylation sites (tertiary alicyclic amines) is 1. The highest BCUT2D eigenvalue weighted by atomic mass is 35.5. The molecular weight excluding hydrogens is 678 g/mol. The summed E-state index contributed by atoms with van der Waals surface area (Å²) in [5, 5.41) is 6.28. The second kappa shape index (κ2) is 13.7. The zero-order valence-electron chi connectivity index (χ0n) is 27.2. The predicted octanol–water partition coefficient (Wildman–Crippen LogP) is 4.79. The fraction of sp³-hybridized carbons (Fsp3) is 0.353. The second-order valence-electron chi connectivity index (χ2n) is 11.9. The maximum atomic E-state index is 15.5. The molecule has 2 unspecified atom stereocenters.